The van der Waals surface area contributed by atoms with Gasteiger partial charge in [0.1, 0.15) is 35.4 Å². The third-order valence-corrected chi connectivity index (χ3v) is 19.6. The van der Waals surface area contributed by atoms with Gasteiger partial charge < -0.3 is 64.3 Å². The smallest absolute Gasteiger partial charge is 0.408 e. The van der Waals surface area contributed by atoms with Gasteiger partial charge in [-0.2, -0.15) is 10.5 Å². The lowest BCUT2D eigenvalue weighted by atomic mass is 9.69. The number of methoxy groups -OCH3 is 5. The molecule has 12 atom stereocenters. The summed E-state index contributed by atoms with van der Waals surface area (Å²) in [6, 6.07) is 1.25. The molecular weight excluding hydrogens is 1280 g/mol. The van der Waals surface area contributed by atoms with Crippen LogP contribution in [0.5, 0.6) is 23.0 Å². The van der Waals surface area contributed by atoms with E-state index in [1.165, 1.54) is 42.3 Å². The minimum absolute atomic E-state index is 0. The first-order chi connectivity index (χ1) is 45.6. The first-order valence-electron chi connectivity index (χ1n) is 32.3. The van der Waals surface area contributed by atoms with E-state index < -0.39 is 107 Å². The Balaban J connectivity index is 0.000000273. The van der Waals surface area contributed by atoms with Crippen molar-refractivity contribution in [1.82, 2.24) is 40.9 Å². The van der Waals surface area contributed by atoms with E-state index in [9.17, 15) is 54.0 Å². The number of likely N-dealkylation sites (N-methyl/N-ethyl adjacent to an activating group) is 2. The fourth-order valence-corrected chi connectivity index (χ4v) is 15.7. The van der Waals surface area contributed by atoms with Gasteiger partial charge in [-0.3, -0.25) is 48.4 Å². The Kier molecular flexibility index (Phi) is 23.4. The Morgan fingerprint density at radius 1 is 0.576 bits per heavy atom. The van der Waals surface area contributed by atoms with Gasteiger partial charge >= 0.3 is 12.2 Å². The molecule has 2 aliphatic carbocycles. The van der Waals surface area contributed by atoms with Crippen LogP contribution in [0.15, 0.2) is 57.1 Å². The number of nitrogens with zero attached hydrogens (tertiary/aromatic N) is 6. The number of aryl methyl sites for hydroxylation is 2. The Morgan fingerprint density at radius 2 is 0.960 bits per heavy atom. The Labute approximate surface area is 580 Å². The minimum Gasteiger partial charge on any atom is -0.504 e. The Hall–Kier alpha value is -8.86. The number of allylic oxidation sites excluding steroid dienone is 4. The molecule has 4 bridgehead atoms. The Morgan fingerprint density at radius 3 is 1.32 bits per heavy atom. The molecule has 0 saturated carbocycles. The maximum absolute atomic E-state index is 14.1. The number of ketones is 4. The topological polar surface area (TPSA) is 339 Å². The number of rotatable bonds is 15. The van der Waals surface area contributed by atoms with E-state index in [0.717, 1.165) is 27.8 Å². The quantitative estimate of drug-likeness (QED) is 0.0970. The molecule has 27 nitrogen and oxygen atoms in total. The van der Waals surface area contributed by atoms with Gasteiger partial charge in [0.2, 0.25) is 23.4 Å². The monoisotopic (exact) mass is 1370 g/mol. The molecule has 538 valence electrons. The van der Waals surface area contributed by atoms with Crippen LogP contribution in [0.4, 0.5) is 9.59 Å². The van der Waals surface area contributed by atoms with E-state index in [4.69, 9.17) is 37.9 Å². The highest BCUT2D eigenvalue weighted by Crippen LogP contribution is 2.56. The van der Waals surface area contributed by atoms with E-state index in [2.05, 4.69) is 49.3 Å². The number of Topliss-reactive ketones (excluding diaryl/α,β-unsaturated/α-hetero) is 4. The number of piperazine rings is 2. The summed E-state index contributed by atoms with van der Waals surface area (Å²) >= 11 is 0. The SMILES string of the molecule is C.C.COC1=C(C)C(=O)C2=C(C1=O)[C@H](CNC(=O)[C@H](C)NC(=O)OC(C)(C)C)N1C(C2)[C@H]2c3c(cc(C)c(OC)c3O)C[C@@H]([C@@H]1C#N)N2C.COCOc1c(OC)c(C)cc2c1[C@@H]1C3CC4=C(C(=O)C(OC)=C(C)C4=O)[C@H](CNC(=O)[C@H](C)NC(=O)OC(C)(C)C)N3[C@@H](C#N)[C@H](C2)N1C. The van der Waals surface area contributed by atoms with Gasteiger partial charge in [-0.15, -0.1) is 0 Å². The number of carbonyl (C=O) groups excluding carboxylic acids is 8. The van der Waals surface area contributed by atoms with Gasteiger partial charge in [0.15, 0.2) is 52.9 Å². The van der Waals surface area contributed by atoms with E-state index >= 15 is 0 Å². The molecule has 6 aliphatic heterocycles. The van der Waals surface area contributed by atoms with Crippen molar-refractivity contribution >= 4 is 47.1 Å². The number of phenols is 1. The van der Waals surface area contributed by atoms with Crippen molar-refractivity contribution in [3.05, 3.63) is 90.5 Å². The molecule has 2 unspecified atom stereocenters. The second-order valence-corrected chi connectivity index (χ2v) is 27.9. The molecule has 2 fully saturated rings. The summed E-state index contributed by atoms with van der Waals surface area (Å²) in [5.74, 6) is -1.37. The predicted octanol–water partition coefficient (Wildman–Crippen LogP) is 6.26. The van der Waals surface area contributed by atoms with Gasteiger partial charge in [-0.05, 0) is 145 Å². The van der Waals surface area contributed by atoms with Crippen molar-refractivity contribution in [1.29, 1.82) is 10.5 Å². The molecule has 99 heavy (non-hydrogen) atoms. The maximum atomic E-state index is 14.1. The second kappa shape index (κ2) is 29.9. The number of alkyl carbamates (subject to hydrolysis) is 2. The zero-order chi connectivity index (χ0) is 71.5. The molecule has 6 heterocycles. The zero-order valence-corrected chi connectivity index (χ0v) is 58.7. The molecule has 2 aromatic carbocycles. The number of phenolic OH excluding ortho intramolecular Hbond substituents is 1. The number of aromatic hydroxyl groups is 1. The number of nitrogens with one attached hydrogen (secondary N) is 4. The minimum atomic E-state index is -0.990. The molecule has 27 heteroatoms. The Bertz CT molecular complexity index is 3840. The third kappa shape index (κ3) is 14.1. The lowest BCUT2D eigenvalue weighted by Crippen LogP contribution is -2.71. The molecule has 0 radical (unpaired) electrons. The second-order valence-electron chi connectivity index (χ2n) is 27.9. The van der Waals surface area contributed by atoms with Crippen LogP contribution in [0.2, 0.25) is 0 Å². The first kappa shape index (κ1) is 77.5. The van der Waals surface area contributed by atoms with Crippen LogP contribution in [0, 0.1) is 36.5 Å². The average Bonchev–Trinajstić information content (AvgIpc) is 0.707. The fourth-order valence-electron chi connectivity index (χ4n) is 15.7. The summed E-state index contributed by atoms with van der Waals surface area (Å²) in [7, 11) is 11.1. The van der Waals surface area contributed by atoms with E-state index in [1.807, 2.05) is 43.8 Å². The van der Waals surface area contributed by atoms with Crippen molar-refractivity contribution < 1.29 is 81.4 Å². The molecule has 2 saturated heterocycles. The standard InChI is InChI=1S/C36H47N5O9.C34H43N5O8.2CH4/c1-17-11-20-12-22-24(14-37)41-23(28(40(22)7)26(20)33(31(17)47-9)49-16-46-8)13-21-27(30(43)32(48-10)18(2)29(21)42)25(41)15-38-34(44)19(3)39-35(45)50-36(4,5)6;1-15-10-18-11-20-22(13-35)39-21(26(38(20)7)24(18)28(41)30(15)45-8)12-19-25(29(42)31(46-9)16(2)27(19)40)23(39)14-36-32(43)17(3)37-33(44)47-34(4,5)6;;/h11,19,22-25,28H,12-13,15-16H2,1-10H3,(H,38,44)(H,39,45);10,17,20-23,26,41H,11-12,14H2,1-9H3,(H,36,43)(H,37,44);2*1H4/t19-,22-,23?,24-,25-,28-;17-,20-,21?,22-,23-,26-;;/m00../s1. The number of carbonyl (C=O) groups is 8. The van der Waals surface area contributed by atoms with Crippen LogP contribution in [-0.4, -0.2) is 213 Å². The lowest BCUT2D eigenvalue weighted by Gasteiger charge is -2.60. The average molecular weight is 1380 g/mol. The first-order valence-corrected chi connectivity index (χ1v) is 32.3. The van der Waals surface area contributed by atoms with E-state index in [1.54, 1.807) is 62.5 Å². The number of benzene rings is 2. The van der Waals surface area contributed by atoms with Crippen LogP contribution in [0.1, 0.15) is 142 Å². The highest BCUT2D eigenvalue weighted by Gasteiger charge is 2.60. The summed E-state index contributed by atoms with van der Waals surface area (Å²) in [4.78, 5) is 116. The molecule has 5 N–H and O–H groups in total. The number of fused-ring (bicyclic) bond motifs is 12. The van der Waals surface area contributed by atoms with Crippen LogP contribution < -0.4 is 35.5 Å². The van der Waals surface area contributed by atoms with Crippen molar-refractivity contribution in [3.63, 3.8) is 0 Å². The van der Waals surface area contributed by atoms with Gasteiger partial charge in [-0.25, -0.2) is 9.59 Å². The maximum Gasteiger partial charge on any atom is 0.408 e. The lowest BCUT2D eigenvalue weighted by molar-refractivity contribution is -0.125. The molecule has 2 aromatic rings. The summed E-state index contributed by atoms with van der Waals surface area (Å²) in [5.41, 5.74) is 4.88. The van der Waals surface area contributed by atoms with Gasteiger partial charge in [0, 0.05) is 88.9 Å². The molecule has 8 aliphatic rings. The molecule has 0 spiro atoms. The third-order valence-electron chi connectivity index (χ3n) is 19.6. The number of hydrogen-bond donors (Lipinski definition) is 5. The normalized spacial score (nSPS) is 25.4. The van der Waals surface area contributed by atoms with Gasteiger partial charge in [0.25, 0.3) is 0 Å². The number of amides is 4. The van der Waals surface area contributed by atoms with Crippen LogP contribution >= 0.6 is 0 Å². The molecule has 10 rings (SSSR count). The van der Waals surface area contributed by atoms with E-state index in [-0.39, 0.29) is 111 Å². The number of ether oxygens (including phenoxy) is 8. The highest BCUT2D eigenvalue weighted by molar-refractivity contribution is 6.26. The van der Waals surface area contributed by atoms with Gasteiger partial charge in [-0.1, -0.05) is 27.0 Å². The van der Waals surface area contributed by atoms with Crippen LogP contribution in [-0.2, 0) is 65.3 Å². The van der Waals surface area contributed by atoms with Crippen molar-refractivity contribution in [3.8, 4) is 35.1 Å². The molecule has 4 amide bonds. The van der Waals surface area contributed by atoms with Crippen molar-refractivity contribution in [2.24, 2.45) is 0 Å². The number of hydrogen-bond acceptors (Lipinski definition) is 23. The zero-order valence-electron chi connectivity index (χ0n) is 58.7. The van der Waals surface area contributed by atoms with Gasteiger partial charge in [0.05, 0.1) is 64.7 Å². The van der Waals surface area contributed by atoms with E-state index in [0.29, 0.717) is 46.8 Å². The molecule has 0 aromatic heterocycles. The van der Waals surface area contributed by atoms with Crippen LogP contribution in [0.25, 0.3) is 0 Å². The molecular formula is C72H98N10O17. The summed E-state index contributed by atoms with van der Waals surface area (Å²) in [6.07, 6.45) is -0.289. The van der Waals surface area contributed by atoms with Crippen molar-refractivity contribution in [2.75, 3.05) is 69.5 Å². The van der Waals surface area contributed by atoms with Crippen LogP contribution in [0.3, 0.4) is 0 Å². The van der Waals surface area contributed by atoms with Crippen molar-refractivity contribution in [2.45, 2.75) is 207 Å². The summed E-state index contributed by atoms with van der Waals surface area (Å²) < 4.78 is 44.3. The fraction of sp³-hybridized carbons (Fsp3) is 0.583. The highest BCUT2D eigenvalue weighted by atomic mass is 16.7. The summed E-state index contributed by atoms with van der Waals surface area (Å²) in [6.45, 7) is 19.9. The largest absolute Gasteiger partial charge is 0.504 e. The predicted molar refractivity (Wildman–Crippen MR) is 363 cm³/mol. The summed E-state index contributed by atoms with van der Waals surface area (Å²) in [5, 5.41) is 43.8. The number of nitriles is 2.